The van der Waals surface area contributed by atoms with Gasteiger partial charge in [-0.2, -0.15) is 0 Å². The Morgan fingerprint density at radius 1 is 1.23 bits per heavy atom. The number of nitrogens with zero attached hydrogens (tertiary/aromatic N) is 1. The van der Waals surface area contributed by atoms with Gasteiger partial charge in [-0.15, -0.1) is 0 Å². The van der Waals surface area contributed by atoms with Crippen LogP contribution in [0.5, 0.6) is 0 Å². The smallest absolute Gasteiger partial charge is 0.291 e. The molecule has 1 fully saturated rings. The summed E-state index contributed by atoms with van der Waals surface area (Å²) >= 11 is 11.9. The fraction of sp³-hybridized carbons (Fsp3) is 0.556. The second-order valence-corrected chi connectivity index (χ2v) is 6.84. The lowest BCUT2D eigenvalue weighted by molar-refractivity contribution is -0.885. The van der Waals surface area contributed by atoms with Crippen molar-refractivity contribution in [2.45, 2.75) is 19.8 Å². The van der Waals surface area contributed by atoms with Crippen LogP contribution in [0.15, 0.2) is 23.2 Å². The Hall–Kier alpha value is -1.34. The molecule has 1 heterocycles. The maximum absolute atomic E-state index is 12.4. The van der Waals surface area contributed by atoms with Gasteiger partial charge >= 0.3 is 0 Å². The lowest BCUT2D eigenvalue weighted by Crippen LogP contribution is -3.10. The zero-order valence-electron chi connectivity index (χ0n) is 15.0. The summed E-state index contributed by atoms with van der Waals surface area (Å²) < 4.78 is 10.8. The van der Waals surface area contributed by atoms with E-state index >= 15 is 0 Å². The number of hydrogen-bond donors (Lipinski definition) is 2. The number of hydrogen-bond acceptors (Lipinski definition) is 4. The Morgan fingerprint density at radius 3 is 2.69 bits per heavy atom. The summed E-state index contributed by atoms with van der Waals surface area (Å²) in [5, 5.41) is 3.43. The van der Waals surface area contributed by atoms with Crippen molar-refractivity contribution in [3.8, 4) is 0 Å². The molecule has 1 amide bonds. The molecule has 0 spiro atoms. The highest BCUT2D eigenvalue weighted by molar-refractivity contribution is 6.42. The van der Waals surface area contributed by atoms with Crippen LogP contribution in [-0.2, 0) is 9.47 Å². The number of rotatable bonds is 8. The van der Waals surface area contributed by atoms with E-state index in [0.717, 1.165) is 6.54 Å². The summed E-state index contributed by atoms with van der Waals surface area (Å²) in [4.78, 5) is 18.4. The lowest BCUT2D eigenvalue weighted by atomic mass is 10.2. The van der Waals surface area contributed by atoms with E-state index in [0.29, 0.717) is 42.0 Å². The second-order valence-electron chi connectivity index (χ2n) is 6.02. The zero-order chi connectivity index (χ0) is 18.8. The Labute approximate surface area is 164 Å². The topological polar surface area (TPSA) is 64.4 Å². The zero-order valence-corrected chi connectivity index (χ0v) is 16.5. The molecule has 0 aliphatic carbocycles. The van der Waals surface area contributed by atoms with Crippen LogP contribution in [0, 0.1) is 0 Å². The van der Waals surface area contributed by atoms with Gasteiger partial charge in [-0.1, -0.05) is 23.2 Å². The number of benzene rings is 1. The average molecular weight is 403 g/mol. The molecular weight excluding hydrogens is 377 g/mol. The predicted octanol–water partition coefficient (Wildman–Crippen LogP) is 1.81. The molecule has 0 aromatic heterocycles. The molecule has 0 saturated carbocycles. The van der Waals surface area contributed by atoms with Gasteiger partial charge in [-0.3, -0.25) is 10.1 Å². The Kier molecular flexibility index (Phi) is 9.18. The highest BCUT2D eigenvalue weighted by Gasteiger charge is 2.15. The van der Waals surface area contributed by atoms with Crippen molar-refractivity contribution in [3.05, 3.63) is 33.8 Å². The van der Waals surface area contributed by atoms with Gasteiger partial charge < -0.3 is 14.4 Å². The summed E-state index contributed by atoms with van der Waals surface area (Å²) in [7, 11) is 0. The largest absolute Gasteiger partial charge is 0.463 e. The first-order valence-electron chi connectivity index (χ1n) is 8.95. The van der Waals surface area contributed by atoms with Gasteiger partial charge in [-0.05, 0) is 25.1 Å². The van der Waals surface area contributed by atoms with Gasteiger partial charge in [0, 0.05) is 25.0 Å². The minimum atomic E-state index is -0.341. The van der Waals surface area contributed by atoms with Crippen molar-refractivity contribution in [3.63, 3.8) is 0 Å². The Balaban J connectivity index is 1.93. The Morgan fingerprint density at radius 2 is 2.00 bits per heavy atom. The van der Waals surface area contributed by atoms with E-state index in [1.807, 2.05) is 6.92 Å². The molecule has 0 atom stereocenters. The molecule has 1 aromatic rings. The number of carbonyl (C=O) groups is 1. The van der Waals surface area contributed by atoms with E-state index in [1.54, 1.807) is 17.0 Å². The van der Waals surface area contributed by atoms with Crippen LogP contribution in [0.2, 0.25) is 10.0 Å². The third-order valence-corrected chi connectivity index (χ3v) is 4.84. The second kappa shape index (κ2) is 11.4. The minimum absolute atomic E-state index is 0.208. The summed E-state index contributed by atoms with van der Waals surface area (Å²) in [5.41, 5.74) is 0.394. The fourth-order valence-electron chi connectivity index (χ4n) is 2.71. The quantitative estimate of drug-likeness (QED) is 0.395. The van der Waals surface area contributed by atoms with Crippen molar-refractivity contribution >= 4 is 35.1 Å². The van der Waals surface area contributed by atoms with Crippen LogP contribution in [0.3, 0.4) is 0 Å². The van der Waals surface area contributed by atoms with Crippen molar-refractivity contribution < 1.29 is 19.2 Å². The monoisotopic (exact) mass is 402 g/mol. The third-order valence-electron chi connectivity index (χ3n) is 4.10. The van der Waals surface area contributed by atoms with Crippen LogP contribution in [0.25, 0.3) is 0 Å². The molecule has 1 saturated heterocycles. The molecule has 1 aliphatic rings. The molecule has 6 nitrogen and oxygen atoms in total. The fourth-order valence-corrected chi connectivity index (χ4v) is 3.01. The van der Waals surface area contributed by atoms with Crippen LogP contribution in [0.1, 0.15) is 30.1 Å². The van der Waals surface area contributed by atoms with Gasteiger partial charge in [-0.25, -0.2) is 4.99 Å². The van der Waals surface area contributed by atoms with E-state index in [4.69, 9.17) is 32.7 Å². The lowest BCUT2D eigenvalue weighted by Gasteiger charge is -2.13. The first-order valence-corrected chi connectivity index (χ1v) is 9.70. The molecule has 1 aromatic carbocycles. The number of likely N-dealkylation sites (tertiary alicyclic amines) is 1. The van der Waals surface area contributed by atoms with E-state index in [2.05, 4.69) is 10.3 Å². The minimum Gasteiger partial charge on any atom is -0.463 e. The molecule has 1 aliphatic heterocycles. The average Bonchev–Trinajstić information content (AvgIpc) is 3.14. The number of ether oxygens (including phenoxy) is 2. The maximum atomic E-state index is 12.4. The standard InChI is InChI=1S/C18H25Cl2N3O3/c1-2-25-11-12-26-18(21-7-10-23-8-3-4-9-23)22-17(24)14-5-6-15(19)16(20)13-14/h5-6,13H,2-4,7-12H2,1H3,(H,21,22,24)/p+1. The summed E-state index contributed by atoms with van der Waals surface area (Å²) in [6, 6.07) is 4.92. The predicted molar refractivity (Wildman–Crippen MR) is 103 cm³/mol. The molecule has 2 rings (SSSR count). The summed E-state index contributed by atoms with van der Waals surface area (Å²) in [6.07, 6.45) is 2.54. The van der Waals surface area contributed by atoms with Crippen molar-refractivity contribution in [2.24, 2.45) is 4.99 Å². The number of quaternary nitrogens is 1. The Bertz CT molecular complexity index is 620. The first-order chi connectivity index (χ1) is 12.6. The van der Waals surface area contributed by atoms with E-state index < -0.39 is 0 Å². The van der Waals surface area contributed by atoms with Crippen molar-refractivity contribution in [1.82, 2.24) is 5.32 Å². The summed E-state index contributed by atoms with van der Waals surface area (Å²) in [5.74, 6) is -0.341. The third kappa shape index (κ3) is 7.11. The van der Waals surface area contributed by atoms with Crippen LogP contribution < -0.4 is 10.2 Å². The van der Waals surface area contributed by atoms with Gasteiger partial charge in [0.1, 0.15) is 6.61 Å². The molecular formula is C18H26Cl2N3O3+. The molecule has 0 unspecified atom stereocenters. The maximum Gasteiger partial charge on any atom is 0.291 e. The van der Waals surface area contributed by atoms with Crippen molar-refractivity contribution in [1.29, 1.82) is 0 Å². The molecule has 0 radical (unpaired) electrons. The van der Waals surface area contributed by atoms with Gasteiger partial charge in [0.2, 0.25) is 0 Å². The number of halogens is 2. The number of amides is 1. The molecule has 144 valence electrons. The molecule has 8 heteroatoms. The van der Waals surface area contributed by atoms with Crippen molar-refractivity contribution in [2.75, 3.05) is 46.0 Å². The van der Waals surface area contributed by atoms with Gasteiger partial charge in [0.15, 0.2) is 0 Å². The molecule has 0 bridgehead atoms. The number of carbonyl (C=O) groups excluding carboxylic acids is 1. The SMILES string of the molecule is CCOCCOC(=NCC[NH+]1CCCC1)NC(=O)c1ccc(Cl)c(Cl)c1. The van der Waals surface area contributed by atoms with Gasteiger partial charge in [0.05, 0.1) is 42.8 Å². The number of amidine groups is 1. The molecule has 2 N–H and O–H groups in total. The van der Waals surface area contributed by atoms with E-state index in [1.165, 1.54) is 32.0 Å². The normalized spacial score (nSPS) is 15.3. The van der Waals surface area contributed by atoms with E-state index in [9.17, 15) is 4.79 Å². The summed E-state index contributed by atoms with van der Waals surface area (Å²) in [6.45, 7) is 7.20. The highest BCUT2D eigenvalue weighted by Crippen LogP contribution is 2.22. The highest BCUT2D eigenvalue weighted by atomic mass is 35.5. The van der Waals surface area contributed by atoms with Crippen LogP contribution in [-0.4, -0.2) is 57.9 Å². The van der Waals surface area contributed by atoms with E-state index in [-0.39, 0.29) is 11.9 Å². The number of aliphatic imine (C=N–C) groups is 1. The first kappa shape index (κ1) is 21.0. The number of nitrogens with one attached hydrogen (secondary N) is 2. The van der Waals surface area contributed by atoms with Crippen LogP contribution in [0.4, 0.5) is 0 Å². The molecule has 26 heavy (non-hydrogen) atoms. The van der Waals surface area contributed by atoms with Gasteiger partial charge in [0.25, 0.3) is 11.9 Å². The van der Waals surface area contributed by atoms with Crippen LogP contribution >= 0.6 is 23.2 Å².